The Morgan fingerprint density at radius 2 is 2.24 bits per heavy atom. The number of nitrogen functional groups attached to an aromatic ring is 1. The number of nitrogens with one attached hydrogen (secondary N) is 2. The highest BCUT2D eigenvalue weighted by Crippen LogP contribution is 2.18. The number of hydrogen-bond donors (Lipinski definition) is 3. The van der Waals surface area contributed by atoms with Gasteiger partial charge in [0.15, 0.2) is 0 Å². The number of halogens is 1. The lowest BCUT2D eigenvalue weighted by Crippen LogP contribution is -2.23. The minimum Gasteiger partial charge on any atom is -0.398 e. The Balaban J connectivity index is 2.07. The van der Waals surface area contributed by atoms with Gasteiger partial charge in [0.05, 0.1) is 5.56 Å². The van der Waals surface area contributed by atoms with Gasteiger partial charge >= 0.3 is 0 Å². The SMILES string of the molecule is Nc1ccc(Br)cc1C(=O)NCc1cc[nH]c1. The zero-order valence-electron chi connectivity index (χ0n) is 9.03. The monoisotopic (exact) mass is 293 g/mol. The average Bonchev–Trinajstić information content (AvgIpc) is 2.82. The summed E-state index contributed by atoms with van der Waals surface area (Å²) >= 11 is 3.31. The summed E-state index contributed by atoms with van der Waals surface area (Å²) in [5.74, 6) is -0.176. The van der Waals surface area contributed by atoms with Gasteiger partial charge in [-0.05, 0) is 29.8 Å². The van der Waals surface area contributed by atoms with Gasteiger partial charge < -0.3 is 16.0 Å². The van der Waals surface area contributed by atoms with Gasteiger partial charge in [0.2, 0.25) is 0 Å². The summed E-state index contributed by atoms with van der Waals surface area (Å²) in [4.78, 5) is 14.8. The maximum atomic E-state index is 11.9. The summed E-state index contributed by atoms with van der Waals surface area (Å²) in [6.45, 7) is 0.480. The Kier molecular flexibility index (Phi) is 3.49. The maximum absolute atomic E-state index is 11.9. The molecule has 0 fully saturated rings. The summed E-state index contributed by atoms with van der Waals surface area (Å²) in [6.07, 6.45) is 3.65. The number of H-pyrrole nitrogens is 1. The van der Waals surface area contributed by atoms with E-state index in [1.165, 1.54) is 0 Å². The van der Waals surface area contributed by atoms with Crippen molar-refractivity contribution in [1.29, 1.82) is 0 Å². The molecule has 5 heteroatoms. The second-order valence-electron chi connectivity index (χ2n) is 3.63. The van der Waals surface area contributed by atoms with E-state index in [1.807, 2.05) is 18.5 Å². The molecule has 2 rings (SSSR count). The third kappa shape index (κ3) is 2.88. The molecular formula is C12H12BrN3O. The highest BCUT2D eigenvalue weighted by atomic mass is 79.9. The molecule has 1 aromatic carbocycles. The van der Waals surface area contributed by atoms with Gasteiger partial charge in [-0.25, -0.2) is 0 Å². The first-order valence-electron chi connectivity index (χ1n) is 5.11. The Labute approximate surface area is 107 Å². The lowest BCUT2D eigenvalue weighted by atomic mass is 10.1. The molecule has 2 aromatic rings. The molecule has 0 aliphatic carbocycles. The van der Waals surface area contributed by atoms with Crippen molar-refractivity contribution in [3.05, 3.63) is 52.3 Å². The predicted octanol–water partition coefficient (Wildman–Crippen LogP) is 2.29. The number of amides is 1. The molecule has 0 aliphatic rings. The number of aromatic amines is 1. The number of carbonyl (C=O) groups excluding carboxylic acids is 1. The third-order valence-electron chi connectivity index (χ3n) is 2.38. The van der Waals surface area contributed by atoms with Crippen LogP contribution in [0.3, 0.4) is 0 Å². The minimum atomic E-state index is -0.176. The molecule has 88 valence electrons. The van der Waals surface area contributed by atoms with Crippen LogP contribution in [0.15, 0.2) is 41.1 Å². The number of benzene rings is 1. The van der Waals surface area contributed by atoms with Crippen molar-refractivity contribution in [1.82, 2.24) is 10.3 Å². The van der Waals surface area contributed by atoms with E-state index in [0.717, 1.165) is 10.0 Å². The van der Waals surface area contributed by atoms with Gasteiger partial charge in [-0.3, -0.25) is 4.79 Å². The zero-order chi connectivity index (χ0) is 12.3. The molecule has 4 N–H and O–H groups in total. The molecule has 0 bridgehead atoms. The molecule has 4 nitrogen and oxygen atoms in total. The molecule has 0 saturated carbocycles. The number of nitrogens with two attached hydrogens (primary N) is 1. The number of anilines is 1. The Morgan fingerprint density at radius 3 is 2.94 bits per heavy atom. The first-order valence-corrected chi connectivity index (χ1v) is 5.91. The van der Waals surface area contributed by atoms with E-state index >= 15 is 0 Å². The van der Waals surface area contributed by atoms with Gasteiger partial charge in [0.1, 0.15) is 0 Å². The molecule has 0 unspecified atom stereocenters. The van der Waals surface area contributed by atoms with E-state index in [0.29, 0.717) is 17.8 Å². The fraction of sp³-hybridized carbons (Fsp3) is 0.0833. The Bertz CT molecular complexity index is 523. The van der Waals surface area contributed by atoms with E-state index in [1.54, 1.807) is 18.2 Å². The molecule has 0 saturated heterocycles. The van der Waals surface area contributed by atoms with Crippen molar-refractivity contribution in [3.8, 4) is 0 Å². The first kappa shape index (κ1) is 11.7. The number of carbonyl (C=O) groups is 1. The van der Waals surface area contributed by atoms with Crippen LogP contribution in [-0.4, -0.2) is 10.9 Å². The van der Waals surface area contributed by atoms with Crippen molar-refractivity contribution in [2.24, 2.45) is 0 Å². The van der Waals surface area contributed by atoms with Crippen LogP contribution in [0.25, 0.3) is 0 Å². The quantitative estimate of drug-likeness (QED) is 0.760. The molecule has 0 spiro atoms. The van der Waals surface area contributed by atoms with Gasteiger partial charge in [-0.2, -0.15) is 0 Å². The molecule has 1 amide bonds. The summed E-state index contributed by atoms with van der Waals surface area (Å²) in [7, 11) is 0. The van der Waals surface area contributed by atoms with Crippen molar-refractivity contribution < 1.29 is 4.79 Å². The van der Waals surface area contributed by atoms with Crippen LogP contribution in [0.4, 0.5) is 5.69 Å². The number of aromatic nitrogens is 1. The summed E-state index contributed by atoms with van der Waals surface area (Å²) in [5, 5.41) is 2.81. The lowest BCUT2D eigenvalue weighted by Gasteiger charge is -2.07. The maximum Gasteiger partial charge on any atom is 0.253 e. The van der Waals surface area contributed by atoms with Crippen molar-refractivity contribution in [3.63, 3.8) is 0 Å². The fourth-order valence-corrected chi connectivity index (χ4v) is 1.83. The lowest BCUT2D eigenvalue weighted by molar-refractivity contribution is 0.0952. The van der Waals surface area contributed by atoms with Crippen molar-refractivity contribution >= 4 is 27.5 Å². The van der Waals surface area contributed by atoms with E-state index in [9.17, 15) is 4.79 Å². The second kappa shape index (κ2) is 5.05. The van der Waals surface area contributed by atoms with Gasteiger partial charge in [-0.15, -0.1) is 0 Å². The van der Waals surface area contributed by atoms with Gasteiger partial charge in [0, 0.05) is 29.1 Å². The molecule has 0 aliphatic heterocycles. The van der Waals surface area contributed by atoms with Gasteiger partial charge in [0.25, 0.3) is 5.91 Å². The number of hydrogen-bond acceptors (Lipinski definition) is 2. The van der Waals surface area contributed by atoms with E-state index in [-0.39, 0.29) is 5.91 Å². The van der Waals surface area contributed by atoms with Crippen molar-refractivity contribution in [2.75, 3.05) is 5.73 Å². The van der Waals surface area contributed by atoms with Crippen LogP contribution in [0.5, 0.6) is 0 Å². The molecule has 17 heavy (non-hydrogen) atoms. The summed E-state index contributed by atoms with van der Waals surface area (Å²) in [5.41, 5.74) is 7.73. The predicted molar refractivity (Wildman–Crippen MR) is 70.5 cm³/mol. The van der Waals surface area contributed by atoms with Gasteiger partial charge in [-0.1, -0.05) is 15.9 Å². The highest BCUT2D eigenvalue weighted by Gasteiger charge is 2.09. The molecule has 1 aromatic heterocycles. The van der Waals surface area contributed by atoms with Crippen molar-refractivity contribution in [2.45, 2.75) is 6.54 Å². The zero-order valence-corrected chi connectivity index (χ0v) is 10.6. The number of rotatable bonds is 3. The van der Waals surface area contributed by atoms with E-state index < -0.39 is 0 Å². The van der Waals surface area contributed by atoms with Crippen LogP contribution in [0, 0.1) is 0 Å². The van der Waals surface area contributed by atoms with Crippen LogP contribution >= 0.6 is 15.9 Å². The largest absolute Gasteiger partial charge is 0.398 e. The van der Waals surface area contributed by atoms with Crippen LogP contribution in [0.2, 0.25) is 0 Å². The smallest absolute Gasteiger partial charge is 0.253 e. The first-order chi connectivity index (χ1) is 8.16. The normalized spacial score (nSPS) is 10.2. The van der Waals surface area contributed by atoms with Crippen LogP contribution in [-0.2, 0) is 6.54 Å². The topological polar surface area (TPSA) is 70.9 Å². The minimum absolute atomic E-state index is 0.176. The molecule has 0 radical (unpaired) electrons. The molecular weight excluding hydrogens is 282 g/mol. The average molecular weight is 294 g/mol. The Hall–Kier alpha value is -1.75. The molecule has 0 atom stereocenters. The van der Waals surface area contributed by atoms with Crippen LogP contribution < -0.4 is 11.1 Å². The summed E-state index contributed by atoms with van der Waals surface area (Å²) in [6, 6.07) is 7.12. The summed E-state index contributed by atoms with van der Waals surface area (Å²) < 4.78 is 0.832. The fourth-order valence-electron chi connectivity index (χ4n) is 1.47. The van der Waals surface area contributed by atoms with Crippen LogP contribution in [0.1, 0.15) is 15.9 Å². The third-order valence-corrected chi connectivity index (χ3v) is 2.87. The highest BCUT2D eigenvalue weighted by molar-refractivity contribution is 9.10. The standard InChI is InChI=1S/C12H12BrN3O/c13-9-1-2-11(14)10(5-9)12(17)16-7-8-3-4-15-6-8/h1-6,15H,7,14H2,(H,16,17). The van der Waals surface area contributed by atoms with E-state index in [2.05, 4.69) is 26.2 Å². The van der Waals surface area contributed by atoms with E-state index in [4.69, 9.17) is 5.73 Å². The molecule has 1 heterocycles. The second-order valence-corrected chi connectivity index (χ2v) is 4.55. The Morgan fingerprint density at radius 1 is 1.41 bits per heavy atom.